The van der Waals surface area contributed by atoms with Crippen LogP contribution < -0.4 is 0 Å². The van der Waals surface area contributed by atoms with Crippen molar-refractivity contribution in [3.05, 3.63) is 30.6 Å². The summed E-state index contributed by atoms with van der Waals surface area (Å²) in [5.41, 5.74) is 0.910. The van der Waals surface area contributed by atoms with E-state index in [1.807, 2.05) is 31.2 Å². The van der Waals surface area contributed by atoms with Crippen LogP contribution in [0.2, 0.25) is 0 Å². The second kappa shape index (κ2) is 4.40. The van der Waals surface area contributed by atoms with E-state index >= 15 is 0 Å². The molecule has 0 aliphatic rings. The van der Waals surface area contributed by atoms with E-state index in [0.717, 1.165) is 22.2 Å². The fourth-order valence-corrected chi connectivity index (χ4v) is 2.09. The number of hydrogen-bond donors (Lipinski definition) is 0. The van der Waals surface area contributed by atoms with E-state index in [1.54, 1.807) is 0 Å². The van der Waals surface area contributed by atoms with E-state index in [2.05, 4.69) is 9.97 Å². The van der Waals surface area contributed by atoms with Crippen LogP contribution in [0, 0.1) is 0 Å². The molecule has 1 heterocycles. The lowest BCUT2D eigenvalue weighted by molar-refractivity contribution is -0.107. The molecule has 3 nitrogen and oxygen atoms in total. The number of hydrogen-bond acceptors (Lipinski definition) is 4. The molecule has 0 saturated heterocycles. The molecular weight excluding hydrogens is 208 g/mol. The molecule has 0 amide bonds. The monoisotopic (exact) mass is 218 g/mol. The molecule has 4 heteroatoms. The number of carbonyl (C=O) groups is 1. The number of thioether (sulfide) groups is 1. The van der Waals surface area contributed by atoms with Gasteiger partial charge in [0.25, 0.3) is 0 Å². The first-order valence-electron chi connectivity index (χ1n) is 4.63. The summed E-state index contributed by atoms with van der Waals surface area (Å²) in [6, 6.07) is 7.79. The van der Waals surface area contributed by atoms with Gasteiger partial charge in [0.1, 0.15) is 17.6 Å². The Labute approximate surface area is 91.9 Å². The van der Waals surface area contributed by atoms with Crippen molar-refractivity contribution in [2.45, 2.75) is 17.2 Å². The molecule has 2 aromatic rings. The average molecular weight is 218 g/mol. The van der Waals surface area contributed by atoms with Crippen LogP contribution in [0.15, 0.2) is 35.6 Å². The van der Waals surface area contributed by atoms with Gasteiger partial charge in [-0.15, -0.1) is 0 Å². The molecule has 1 aromatic heterocycles. The fourth-order valence-electron chi connectivity index (χ4n) is 1.28. The lowest BCUT2D eigenvalue weighted by Gasteiger charge is -2.05. The van der Waals surface area contributed by atoms with Crippen molar-refractivity contribution in [1.82, 2.24) is 9.97 Å². The largest absolute Gasteiger partial charge is 0.302 e. The zero-order valence-electron chi connectivity index (χ0n) is 8.25. The van der Waals surface area contributed by atoms with Crippen LogP contribution in [-0.2, 0) is 4.79 Å². The minimum absolute atomic E-state index is 0.0803. The molecule has 0 N–H and O–H groups in total. The molecule has 0 aliphatic carbocycles. The second-order valence-corrected chi connectivity index (χ2v) is 4.52. The Kier molecular flexibility index (Phi) is 2.97. The van der Waals surface area contributed by atoms with Crippen molar-refractivity contribution >= 4 is 29.0 Å². The fraction of sp³-hybridized carbons (Fsp3) is 0.182. The third-order valence-electron chi connectivity index (χ3n) is 2.00. The summed E-state index contributed by atoms with van der Waals surface area (Å²) < 4.78 is 0. The molecule has 2 rings (SSSR count). The first-order chi connectivity index (χ1) is 7.31. The smallest absolute Gasteiger partial charge is 0.133 e. The highest BCUT2D eigenvalue weighted by Gasteiger charge is 2.07. The normalized spacial score (nSPS) is 12.6. The van der Waals surface area contributed by atoms with Gasteiger partial charge in [0.05, 0.1) is 10.8 Å². The molecular formula is C11H10N2OS. The predicted octanol–water partition coefficient (Wildman–Crippen LogP) is 2.31. The number of carbonyl (C=O) groups excluding carboxylic acids is 1. The van der Waals surface area contributed by atoms with E-state index in [4.69, 9.17) is 0 Å². The Bertz CT molecular complexity index is 481. The Morgan fingerprint density at radius 1 is 1.33 bits per heavy atom. The van der Waals surface area contributed by atoms with Gasteiger partial charge in [0.2, 0.25) is 0 Å². The number of benzene rings is 1. The van der Waals surface area contributed by atoms with Crippen LogP contribution in [-0.4, -0.2) is 21.5 Å². The van der Waals surface area contributed by atoms with Gasteiger partial charge in [0.15, 0.2) is 0 Å². The number of aldehydes is 1. The Hall–Kier alpha value is -1.42. The number of nitrogens with zero attached hydrogens (tertiary/aromatic N) is 2. The van der Waals surface area contributed by atoms with Gasteiger partial charge < -0.3 is 4.79 Å². The summed E-state index contributed by atoms with van der Waals surface area (Å²) in [6.45, 7) is 1.86. The minimum atomic E-state index is -0.0803. The van der Waals surface area contributed by atoms with Crippen molar-refractivity contribution < 1.29 is 4.79 Å². The average Bonchev–Trinajstić information content (AvgIpc) is 2.29. The SMILES string of the molecule is CC(C=O)Sc1ncnc2ccccc12. The van der Waals surface area contributed by atoms with Crippen LogP contribution in [0.25, 0.3) is 10.9 Å². The van der Waals surface area contributed by atoms with Crippen LogP contribution in [0.1, 0.15) is 6.92 Å². The molecule has 0 fully saturated rings. The van der Waals surface area contributed by atoms with Crippen LogP contribution in [0.4, 0.5) is 0 Å². The molecule has 0 bridgehead atoms. The Balaban J connectivity index is 2.46. The maximum absolute atomic E-state index is 10.6. The lowest BCUT2D eigenvalue weighted by atomic mass is 10.2. The van der Waals surface area contributed by atoms with Crippen LogP contribution >= 0.6 is 11.8 Å². The quantitative estimate of drug-likeness (QED) is 0.450. The predicted molar refractivity (Wildman–Crippen MR) is 60.9 cm³/mol. The van der Waals surface area contributed by atoms with E-state index in [-0.39, 0.29) is 5.25 Å². The van der Waals surface area contributed by atoms with Crippen molar-refractivity contribution in [2.75, 3.05) is 0 Å². The standard InChI is InChI=1S/C11H10N2OS/c1-8(6-14)15-11-9-4-2-3-5-10(9)12-7-13-11/h2-8H,1H3. The maximum Gasteiger partial charge on any atom is 0.133 e. The van der Waals surface area contributed by atoms with Gasteiger partial charge >= 0.3 is 0 Å². The van der Waals surface area contributed by atoms with E-state index < -0.39 is 0 Å². The first-order valence-corrected chi connectivity index (χ1v) is 5.51. The number of fused-ring (bicyclic) bond motifs is 1. The molecule has 15 heavy (non-hydrogen) atoms. The molecule has 1 aromatic carbocycles. The Morgan fingerprint density at radius 2 is 2.13 bits per heavy atom. The zero-order valence-corrected chi connectivity index (χ0v) is 9.07. The number of para-hydroxylation sites is 1. The van der Waals surface area contributed by atoms with Crippen molar-refractivity contribution in [2.24, 2.45) is 0 Å². The van der Waals surface area contributed by atoms with Gasteiger partial charge in [-0.3, -0.25) is 0 Å². The van der Waals surface area contributed by atoms with E-state index in [0.29, 0.717) is 0 Å². The molecule has 1 unspecified atom stereocenters. The summed E-state index contributed by atoms with van der Waals surface area (Å²) in [5, 5.41) is 1.78. The van der Waals surface area contributed by atoms with E-state index in [9.17, 15) is 4.79 Å². The summed E-state index contributed by atoms with van der Waals surface area (Å²) in [5.74, 6) is 0. The van der Waals surface area contributed by atoms with Gasteiger partial charge in [-0.2, -0.15) is 0 Å². The second-order valence-electron chi connectivity index (χ2n) is 3.16. The van der Waals surface area contributed by atoms with Crippen LogP contribution in [0.3, 0.4) is 0 Å². The van der Waals surface area contributed by atoms with Gasteiger partial charge in [-0.1, -0.05) is 30.0 Å². The lowest BCUT2D eigenvalue weighted by Crippen LogP contribution is -1.98. The zero-order chi connectivity index (χ0) is 10.7. The molecule has 1 atom stereocenters. The highest BCUT2D eigenvalue weighted by atomic mass is 32.2. The minimum Gasteiger partial charge on any atom is -0.302 e. The maximum atomic E-state index is 10.6. The highest BCUT2D eigenvalue weighted by molar-refractivity contribution is 8.00. The van der Waals surface area contributed by atoms with Gasteiger partial charge in [0, 0.05) is 5.39 Å². The summed E-state index contributed by atoms with van der Waals surface area (Å²) in [4.78, 5) is 18.9. The highest BCUT2D eigenvalue weighted by Crippen LogP contribution is 2.26. The molecule has 0 aliphatic heterocycles. The molecule has 76 valence electrons. The number of aromatic nitrogens is 2. The van der Waals surface area contributed by atoms with Crippen LogP contribution in [0.5, 0.6) is 0 Å². The molecule has 0 spiro atoms. The summed E-state index contributed by atoms with van der Waals surface area (Å²) >= 11 is 1.45. The summed E-state index contributed by atoms with van der Waals surface area (Å²) in [6.07, 6.45) is 2.45. The van der Waals surface area contributed by atoms with Crippen molar-refractivity contribution in [3.63, 3.8) is 0 Å². The molecule has 0 radical (unpaired) electrons. The van der Waals surface area contributed by atoms with Crippen molar-refractivity contribution in [3.8, 4) is 0 Å². The first kappa shape index (κ1) is 10.1. The summed E-state index contributed by atoms with van der Waals surface area (Å²) in [7, 11) is 0. The topological polar surface area (TPSA) is 42.9 Å². The third kappa shape index (κ3) is 2.15. The third-order valence-corrected chi connectivity index (χ3v) is 3.03. The van der Waals surface area contributed by atoms with Gasteiger partial charge in [-0.05, 0) is 13.0 Å². The van der Waals surface area contributed by atoms with Crippen molar-refractivity contribution in [1.29, 1.82) is 0 Å². The molecule has 0 saturated carbocycles. The van der Waals surface area contributed by atoms with Gasteiger partial charge in [-0.25, -0.2) is 9.97 Å². The Morgan fingerprint density at radius 3 is 2.93 bits per heavy atom. The van der Waals surface area contributed by atoms with E-state index in [1.165, 1.54) is 18.1 Å². The number of rotatable bonds is 3.